The van der Waals surface area contributed by atoms with Crippen LogP contribution in [0, 0.1) is 20.8 Å². The van der Waals surface area contributed by atoms with E-state index in [2.05, 4.69) is 19.9 Å². The number of carbonyl (C=O) groups is 2. The van der Waals surface area contributed by atoms with Crippen LogP contribution in [-0.2, 0) is 4.79 Å². The molecule has 0 N–H and O–H groups in total. The molecule has 130 valence electrons. The third-order valence-electron chi connectivity index (χ3n) is 4.65. The van der Waals surface area contributed by atoms with E-state index >= 15 is 0 Å². The van der Waals surface area contributed by atoms with Gasteiger partial charge in [-0.15, -0.1) is 0 Å². The monoisotopic (exact) mass is 337 g/mol. The molecule has 0 unspecified atom stereocenters. The van der Waals surface area contributed by atoms with Gasteiger partial charge in [-0.25, -0.2) is 0 Å². The normalized spacial score (nSPS) is 13.3. The Morgan fingerprint density at radius 2 is 1.72 bits per heavy atom. The molecule has 2 aromatic carbocycles. The lowest BCUT2D eigenvalue weighted by Gasteiger charge is -2.16. The van der Waals surface area contributed by atoms with Crippen LogP contribution in [0.2, 0.25) is 0 Å². The summed E-state index contributed by atoms with van der Waals surface area (Å²) in [5.41, 5.74) is 4.71. The topological polar surface area (TPSA) is 46.6 Å². The second-order valence-electron chi connectivity index (χ2n) is 6.61. The van der Waals surface area contributed by atoms with Gasteiger partial charge in [0.2, 0.25) is 0 Å². The maximum atomic E-state index is 12.2. The quantitative estimate of drug-likeness (QED) is 0.591. The van der Waals surface area contributed by atoms with E-state index < -0.39 is 11.7 Å². The van der Waals surface area contributed by atoms with Crippen molar-refractivity contribution in [1.29, 1.82) is 0 Å². The highest BCUT2D eigenvalue weighted by Crippen LogP contribution is 2.29. The van der Waals surface area contributed by atoms with Gasteiger partial charge in [0, 0.05) is 6.54 Å². The van der Waals surface area contributed by atoms with Crippen LogP contribution in [0.3, 0.4) is 0 Å². The molecule has 3 rings (SSSR count). The fourth-order valence-electron chi connectivity index (χ4n) is 3.00. The molecule has 4 nitrogen and oxygen atoms in total. The average molecular weight is 337 g/mol. The van der Waals surface area contributed by atoms with Gasteiger partial charge in [-0.3, -0.25) is 9.59 Å². The molecule has 4 heteroatoms. The fraction of sp³-hybridized carbons (Fsp3) is 0.333. The van der Waals surface area contributed by atoms with Crippen molar-refractivity contribution in [2.24, 2.45) is 0 Å². The standard InChI is InChI=1S/C21H23NO3/c1-14-6-9-19-18(12-14)20(23)21(24)22(19)10-4-5-11-25-17-8-7-15(2)16(3)13-17/h6-9,12-13H,4-5,10-11H2,1-3H3. The van der Waals surface area contributed by atoms with Gasteiger partial charge >= 0.3 is 0 Å². The SMILES string of the molecule is Cc1ccc2c(c1)C(=O)C(=O)N2CCCCOc1ccc(C)c(C)c1. The maximum absolute atomic E-state index is 12.2. The summed E-state index contributed by atoms with van der Waals surface area (Å²) < 4.78 is 5.77. The largest absolute Gasteiger partial charge is 0.494 e. The first-order valence-corrected chi connectivity index (χ1v) is 8.64. The van der Waals surface area contributed by atoms with Gasteiger partial charge in [0.05, 0.1) is 17.9 Å². The van der Waals surface area contributed by atoms with Crippen molar-refractivity contribution in [1.82, 2.24) is 0 Å². The van der Waals surface area contributed by atoms with Gasteiger partial charge < -0.3 is 9.64 Å². The summed E-state index contributed by atoms with van der Waals surface area (Å²) in [4.78, 5) is 25.8. The number of rotatable bonds is 6. The summed E-state index contributed by atoms with van der Waals surface area (Å²) >= 11 is 0. The van der Waals surface area contributed by atoms with Crippen molar-refractivity contribution in [2.45, 2.75) is 33.6 Å². The Balaban J connectivity index is 1.52. The number of nitrogens with zero attached hydrogens (tertiary/aromatic N) is 1. The number of unbranched alkanes of at least 4 members (excludes halogenated alkanes) is 1. The van der Waals surface area contributed by atoms with Crippen molar-refractivity contribution in [3.8, 4) is 5.75 Å². The molecule has 0 saturated heterocycles. The summed E-state index contributed by atoms with van der Waals surface area (Å²) in [6, 6.07) is 11.6. The van der Waals surface area contributed by atoms with Crippen molar-refractivity contribution in [2.75, 3.05) is 18.1 Å². The molecule has 2 aromatic rings. The predicted octanol–water partition coefficient (Wildman–Crippen LogP) is 4.00. The van der Waals surface area contributed by atoms with E-state index in [1.165, 1.54) is 11.1 Å². The molecule has 0 saturated carbocycles. The minimum Gasteiger partial charge on any atom is -0.494 e. The van der Waals surface area contributed by atoms with E-state index in [1.807, 2.05) is 31.2 Å². The summed E-state index contributed by atoms with van der Waals surface area (Å²) in [6.45, 7) is 7.20. The van der Waals surface area contributed by atoms with E-state index in [-0.39, 0.29) is 0 Å². The van der Waals surface area contributed by atoms with Gasteiger partial charge in [0.1, 0.15) is 5.75 Å². The Hall–Kier alpha value is -2.62. The molecule has 0 aromatic heterocycles. The fourth-order valence-corrected chi connectivity index (χ4v) is 3.00. The minimum absolute atomic E-state index is 0.398. The minimum atomic E-state index is -0.421. The van der Waals surface area contributed by atoms with E-state index in [0.717, 1.165) is 29.8 Å². The number of ether oxygens (including phenoxy) is 1. The predicted molar refractivity (Wildman–Crippen MR) is 98.5 cm³/mol. The number of carbonyl (C=O) groups excluding carboxylic acids is 2. The van der Waals surface area contributed by atoms with Crippen LogP contribution < -0.4 is 9.64 Å². The maximum Gasteiger partial charge on any atom is 0.299 e. The third-order valence-corrected chi connectivity index (χ3v) is 4.65. The van der Waals surface area contributed by atoms with Crippen LogP contribution >= 0.6 is 0 Å². The van der Waals surface area contributed by atoms with Crippen LogP contribution in [0.4, 0.5) is 5.69 Å². The third kappa shape index (κ3) is 3.58. The molecule has 25 heavy (non-hydrogen) atoms. The van der Waals surface area contributed by atoms with E-state index in [4.69, 9.17) is 4.74 Å². The van der Waals surface area contributed by atoms with E-state index in [0.29, 0.717) is 18.7 Å². The van der Waals surface area contributed by atoms with Gasteiger partial charge in [-0.1, -0.05) is 17.7 Å². The molecular weight excluding hydrogens is 314 g/mol. The number of fused-ring (bicyclic) bond motifs is 1. The molecule has 0 aliphatic carbocycles. The van der Waals surface area contributed by atoms with E-state index in [1.54, 1.807) is 11.0 Å². The van der Waals surface area contributed by atoms with Crippen LogP contribution in [0.1, 0.15) is 39.9 Å². The summed E-state index contributed by atoms with van der Waals surface area (Å²) in [6.07, 6.45) is 1.61. The number of ketones is 1. The van der Waals surface area contributed by atoms with Crippen LogP contribution in [-0.4, -0.2) is 24.8 Å². The molecular formula is C21H23NO3. The molecule has 1 aliphatic heterocycles. The lowest BCUT2D eigenvalue weighted by atomic mass is 10.1. The first-order chi connectivity index (χ1) is 12.0. The lowest BCUT2D eigenvalue weighted by molar-refractivity contribution is -0.114. The molecule has 1 amide bonds. The van der Waals surface area contributed by atoms with Crippen molar-refractivity contribution in [3.63, 3.8) is 0 Å². The highest BCUT2D eigenvalue weighted by Gasteiger charge is 2.35. The van der Waals surface area contributed by atoms with Gasteiger partial charge in [0.25, 0.3) is 11.7 Å². The van der Waals surface area contributed by atoms with Crippen molar-refractivity contribution < 1.29 is 14.3 Å². The second-order valence-corrected chi connectivity index (χ2v) is 6.61. The summed E-state index contributed by atoms with van der Waals surface area (Å²) in [5.74, 6) is 0.0529. The molecule has 0 atom stereocenters. The number of amides is 1. The summed E-state index contributed by atoms with van der Waals surface area (Å²) in [7, 11) is 0. The van der Waals surface area contributed by atoms with Crippen LogP contribution in [0.15, 0.2) is 36.4 Å². The lowest BCUT2D eigenvalue weighted by Crippen LogP contribution is -2.30. The second kappa shape index (κ2) is 7.09. The average Bonchev–Trinajstić information content (AvgIpc) is 2.82. The van der Waals surface area contributed by atoms with Gasteiger partial charge in [-0.2, -0.15) is 0 Å². The van der Waals surface area contributed by atoms with Crippen LogP contribution in [0.5, 0.6) is 5.75 Å². The first kappa shape index (κ1) is 17.2. The van der Waals surface area contributed by atoms with Gasteiger partial charge in [-0.05, 0) is 69.0 Å². The highest BCUT2D eigenvalue weighted by atomic mass is 16.5. The number of hydrogen-bond donors (Lipinski definition) is 0. The Bertz CT molecular complexity index is 826. The molecule has 1 heterocycles. The van der Waals surface area contributed by atoms with Crippen LogP contribution in [0.25, 0.3) is 0 Å². The number of Topliss-reactive ketones (excluding diaryl/α,β-unsaturated/α-hetero) is 1. The Kier molecular flexibility index (Phi) is 4.88. The Labute approximate surface area is 148 Å². The zero-order valence-electron chi connectivity index (χ0n) is 15.0. The highest BCUT2D eigenvalue weighted by molar-refractivity contribution is 6.52. The van der Waals surface area contributed by atoms with Crippen molar-refractivity contribution >= 4 is 17.4 Å². The Morgan fingerprint density at radius 1 is 0.920 bits per heavy atom. The number of hydrogen-bond acceptors (Lipinski definition) is 3. The zero-order chi connectivity index (χ0) is 18.0. The molecule has 0 fully saturated rings. The zero-order valence-corrected chi connectivity index (χ0v) is 15.0. The molecule has 0 bridgehead atoms. The molecule has 0 radical (unpaired) electrons. The first-order valence-electron chi connectivity index (χ1n) is 8.64. The van der Waals surface area contributed by atoms with Crippen molar-refractivity contribution in [3.05, 3.63) is 58.7 Å². The Morgan fingerprint density at radius 3 is 2.48 bits per heavy atom. The molecule has 0 spiro atoms. The smallest absolute Gasteiger partial charge is 0.299 e. The van der Waals surface area contributed by atoms with Gasteiger partial charge in [0.15, 0.2) is 0 Å². The number of benzene rings is 2. The molecule has 1 aliphatic rings. The van der Waals surface area contributed by atoms with E-state index in [9.17, 15) is 9.59 Å². The number of anilines is 1. The number of aryl methyl sites for hydroxylation is 3. The summed E-state index contributed by atoms with van der Waals surface area (Å²) in [5, 5.41) is 0.